The quantitative estimate of drug-likeness (QED) is 0.705. The first-order valence-corrected chi connectivity index (χ1v) is 9.65. The molecule has 1 aromatic rings. The minimum atomic E-state index is -0.515. The van der Waals surface area contributed by atoms with Gasteiger partial charge >= 0.3 is 6.03 Å². The van der Waals surface area contributed by atoms with Crippen LogP contribution in [0.4, 0.5) is 4.79 Å². The molecule has 0 bridgehead atoms. The van der Waals surface area contributed by atoms with Crippen LogP contribution >= 0.6 is 0 Å². The number of aryl methyl sites for hydroxylation is 1. The van der Waals surface area contributed by atoms with Crippen LogP contribution in [0.1, 0.15) is 30.4 Å². The highest BCUT2D eigenvalue weighted by atomic mass is 16.2. The lowest BCUT2D eigenvalue weighted by Gasteiger charge is -2.28. The van der Waals surface area contributed by atoms with Gasteiger partial charge in [0.15, 0.2) is 0 Å². The number of nitrogens with zero attached hydrogens (tertiary/aromatic N) is 2. The summed E-state index contributed by atoms with van der Waals surface area (Å²) in [5.74, 6) is -0.713. The molecule has 0 aromatic heterocycles. The average molecular weight is 379 g/mol. The monoisotopic (exact) mass is 379 g/mol. The summed E-state index contributed by atoms with van der Waals surface area (Å²) in [7, 11) is 0. The van der Waals surface area contributed by atoms with E-state index in [1.165, 1.54) is 16.0 Å². The van der Waals surface area contributed by atoms with Gasteiger partial charge in [0.05, 0.1) is 11.6 Å². The minimum absolute atomic E-state index is 0.0101. The lowest BCUT2D eigenvalue weighted by Crippen LogP contribution is -2.46. The second-order valence-corrected chi connectivity index (χ2v) is 7.07. The van der Waals surface area contributed by atoms with Gasteiger partial charge in [0.2, 0.25) is 11.8 Å². The van der Waals surface area contributed by atoms with E-state index in [4.69, 9.17) is 0 Å². The van der Waals surface area contributed by atoms with Gasteiger partial charge in [-0.3, -0.25) is 14.5 Å². The van der Waals surface area contributed by atoms with Crippen molar-refractivity contribution in [1.29, 1.82) is 0 Å². The van der Waals surface area contributed by atoms with Crippen LogP contribution in [-0.2, 0) is 16.0 Å². The summed E-state index contributed by atoms with van der Waals surface area (Å²) in [5, 5.41) is 2.91. The van der Waals surface area contributed by atoms with E-state index in [-0.39, 0.29) is 11.8 Å². The number of aliphatic imine (C=N–C) groups is 1. The molecule has 1 heterocycles. The van der Waals surface area contributed by atoms with E-state index in [1.807, 2.05) is 6.92 Å². The molecule has 1 unspecified atom stereocenters. The van der Waals surface area contributed by atoms with E-state index in [0.29, 0.717) is 38.1 Å². The predicted molar refractivity (Wildman–Crippen MR) is 108 cm³/mol. The zero-order chi connectivity index (χ0) is 19.9. The molecule has 6 nitrogen and oxygen atoms in total. The number of benzene rings is 1. The van der Waals surface area contributed by atoms with Gasteiger partial charge in [0, 0.05) is 19.5 Å². The number of unbranched alkanes of at least 4 members (excludes halogenated alkanes) is 1. The summed E-state index contributed by atoms with van der Waals surface area (Å²) in [6.45, 7) is 2.94. The lowest BCUT2D eigenvalue weighted by molar-refractivity contribution is -0.129. The molecule has 28 heavy (non-hydrogen) atoms. The summed E-state index contributed by atoms with van der Waals surface area (Å²) < 4.78 is 0. The van der Waals surface area contributed by atoms with Crippen molar-refractivity contribution in [3.05, 3.63) is 59.7 Å². The van der Waals surface area contributed by atoms with Gasteiger partial charge < -0.3 is 5.32 Å². The maximum absolute atomic E-state index is 12.5. The van der Waals surface area contributed by atoms with Crippen molar-refractivity contribution in [2.24, 2.45) is 10.9 Å². The van der Waals surface area contributed by atoms with Crippen LogP contribution in [0, 0.1) is 12.8 Å². The van der Waals surface area contributed by atoms with E-state index in [2.05, 4.69) is 34.6 Å². The number of imide groups is 1. The fourth-order valence-corrected chi connectivity index (χ4v) is 3.23. The van der Waals surface area contributed by atoms with Gasteiger partial charge in [-0.15, -0.1) is 0 Å². The molecule has 3 rings (SSSR count). The van der Waals surface area contributed by atoms with Crippen LogP contribution in [0.3, 0.4) is 0 Å². The Hall–Kier alpha value is -3.02. The fraction of sp³-hybridized carbons (Fsp3) is 0.364. The molecule has 0 saturated heterocycles. The van der Waals surface area contributed by atoms with Gasteiger partial charge in [-0.25, -0.2) is 4.79 Å². The third-order valence-corrected chi connectivity index (χ3v) is 4.88. The molecule has 146 valence electrons. The first-order chi connectivity index (χ1) is 13.5. The minimum Gasteiger partial charge on any atom is -0.356 e. The fourth-order valence-electron chi connectivity index (χ4n) is 3.23. The van der Waals surface area contributed by atoms with Crippen molar-refractivity contribution < 1.29 is 14.4 Å². The first-order valence-electron chi connectivity index (χ1n) is 9.65. The molecule has 2 aliphatic rings. The molecule has 6 heteroatoms. The smallest absolute Gasteiger partial charge is 0.350 e. The number of carbonyl (C=O) groups excluding carboxylic acids is 3. The number of nitrogens with one attached hydrogen (secondary N) is 1. The summed E-state index contributed by atoms with van der Waals surface area (Å²) >= 11 is 0. The number of allylic oxidation sites excluding steroid dienone is 3. The molecule has 0 radical (unpaired) electrons. The summed E-state index contributed by atoms with van der Waals surface area (Å²) in [6, 6.07) is 7.75. The summed E-state index contributed by atoms with van der Waals surface area (Å²) in [6.07, 6.45) is 9.38. The van der Waals surface area contributed by atoms with Gasteiger partial charge in [-0.05, 0) is 37.8 Å². The second kappa shape index (κ2) is 9.26. The molecular formula is C22H25N3O3. The van der Waals surface area contributed by atoms with Gasteiger partial charge in [-0.2, -0.15) is 4.99 Å². The van der Waals surface area contributed by atoms with Crippen LogP contribution in [-0.4, -0.2) is 41.5 Å². The van der Waals surface area contributed by atoms with E-state index >= 15 is 0 Å². The molecule has 1 aliphatic heterocycles. The van der Waals surface area contributed by atoms with Crippen LogP contribution < -0.4 is 5.32 Å². The molecule has 4 amide bonds. The highest BCUT2D eigenvalue weighted by molar-refractivity contribution is 6.21. The Bertz CT molecular complexity index is 837. The number of rotatable bonds is 8. The highest BCUT2D eigenvalue weighted by Gasteiger charge is 2.35. The molecule has 1 N–H and O–H groups in total. The topological polar surface area (TPSA) is 78.8 Å². The third kappa shape index (κ3) is 5.03. The maximum atomic E-state index is 12.5. The molecule has 0 saturated carbocycles. The molecular weight excluding hydrogens is 354 g/mol. The number of hydrogen-bond donors (Lipinski definition) is 1. The maximum Gasteiger partial charge on any atom is 0.350 e. The molecule has 1 atom stereocenters. The van der Waals surface area contributed by atoms with Crippen molar-refractivity contribution in [3.63, 3.8) is 0 Å². The molecule has 0 spiro atoms. The highest BCUT2D eigenvalue weighted by Crippen LogP contribution is 2.20. The molecule has 1 aromatic carbocycles. The van der Waals surface area contributed by atoms with Gasteiger partial charge in [0.1, 0.15) is 0 Å². The Labute approximate surface area is 165 Å². The Morgan fingerprint density at radius 1 is 1.14 bits per heavy atom. The molecule has 0 fully saturated rings. The SMILES string of the molecule is Cc1ccc(CCNC(=O)CCCCN2C(=O)N=C3C=CC=CC3C2=O)cc1. The van der Waals surface area contributed by atoms with E-state index in [1.54, 1.807) is 24.3 Å². The largest absolute Gasteiger partial charge is 0.356 e. The van der Waals surface area contributed by atoms with Crippen LogP contribution in [0.15, 0.2) is 53.6 Å². The Morgan fingerprint density at radius 2 is 1.93 bits per heavy atom. The second-order valence-electron chi connectivity index (χ2n) is 7.07. The first kappa shape index (κ1) is 19.7. The van der Waals surface area contributed by atoms with E-state index < -0.39 is 11.9 Å². The van der Waals surface area contributed by atoms with Crippen molar-refractivity contribution in [3.8, 4) is 0 Å². The van der Waals surface area contributed by atoms with Crippen molar-refractivity contribution >= 4 is 23.6 Å². The van der Waals surface area contributed by atoms with E-state index in [9.17, 15) is 14.4 Å². The number of urea groups is 1. The van der Waals surface area contributed by atoms with Gasteiger partial charge in [-0.1, -0.05) is 48.1 Å². The van der Waals surface area contributed by atoms with Crippen LogP contribution in [0.2, 0.25) is 0 Å². The summed E-state index contributed by atoms with van der Waals surface area (Å²) in [4.78, 5) is 41.7. The summed E-state index contributed by atoms with van der Waals surface area (Å²) in [5.41, 5.74) is 2.91. The molecule has 1 aliphatic carbocycles. The number of amides is 4. The number of fused-ring (bicyclic) bond motifs is 1. The van der Waals surface area contributed by atoms with Crippen molar-refractivity contribution in [2.75, 3.05) is 13.1 Å². The van der Waals surface area contributed by atoms with Crippen LogP contribution in [0.5, 0.6) is 0 Å². The predicted octanol–water partition coefficient (Wildman–Crippen LogP) is 2.97. The Kier molecular flexibility index (Phi) is 6.53. The van der Waals surface area contributed by atoms with Crippen molar-refractivity contribution in [2.45, 2.75) is 32.6 Å². The van der Waals surface area contributed by atoms with Gasteiger partial charge in [0.25, 0.3) is 0 Å². The van der Waals surface area contributed by atoms with Crippen LogP contribution in [0.25, 0.3) is 0 Å². The average Bonchev–Trinajstić information content (AvgIpc) is 2.69. The lowest BCUT2D eigenvalue weighted by atomic mass is 9.95. The van der Waals surface area contributed by atoms with E-state index in [0.717, 1.165) is 6.42 Å². The normalized spacial score (nSPS) is 18.1. The zero-order valence-electron chi connectivity index (χ0n) is 16.1. The number of carbonyl (C=O) groups is 3. The Balaban J connectivity index is 1.35. The zero-order valence-corrected chi connectivity index (χ0v) is 16.1. The third-order valence-electron chi connectivity index (χ3n) is 4.88. The van der Waals surface area contributed by atoms with Crippen molar-refractivity contribution in [1.82, 2.24) is 10.2 Å². The Morgan fingerprint density at radius 3 is 2.71 bits per heavy atom. The standard InChI is InChI=1S/C22H25N3O3/c1-16-9-11-17(12-10-16)13-14-23-20(26)8-4-5-15-25-21(27)18-6-2-3-7-19(18)24-22(25)28/h2-3,6-7,9-12,18H,4-5,8,13-15H2,1H3,(H,23,26). The number of hydrogen-bond acceptors (Lipinski definition) is 3.